The Labute approximate surface area is 104 Å². The third-order valence-electron chi connectivity index (χ3n) is 1.67. The number of thioether (sulfide) groups is 1. The molecule has 0 radical (unpaired) electrons. The van der Waals surface area contributed by atoms with E-state index >= 15 is 0 Å². The van der Waals surface area contributed by atoms with Gasteiger partial charge in [-0.25, -0.2) is 9.59 Å². The van der Waals surface area contributed by atoms with Gasteiger partial charge in [0.15, 0.2) is 0 Å². The van der Waals surface area contributed by atoms with Crippen LogP contribution in [0.1, 0.15) is 31.1 Å². The summed E-state index contributed by atoms with van der Waals surface area (Å²) in [5, 5.41) is 8.36. The van der Waals surface area contributed by atoms with Gasteiger partial charge in [-0.05, 0) is 50.7 Å². The van der Waals surface area contributed by atoms with Gasteiger partial charge in [0.05, 0.1) is 5.56 Å². The predicted octanol–water partition coefficient (Wildman–Crippen LogP) is 3.41. The van der Waals surface area contributed by atoms with E-state index in [4.69, 9.17) is 9.84 Å². The van der Waals surface area contributed by atoms with E-state index in [9.17, 15) is 9.59 Å². The molecule has 17 heavy (non-hydrogen) atoms. The molecule has 1 aromatic carbocycles. The molecule has 0 saturated heterocycles. The molecule has 0 atom stereocenters. The van der Waals surface area contributed by atoms with Crippen molar-refractivity contribution in [2.24, 2.45) is 0 Å². The number of hydrogen-bond donors (Lipinski definition) is 1. The maximum atomic E-state index is 11.5. The van der Waals surface area contributed by atoms with E-state index in [1.807, 2.05) is 0 Å². The topological polar surface area (TPSA) is 63.6 Å². The summed E-state index contributed by atoms with van der Waals surface area (Å²) in [5.74, 6) is -1.02. The highest BCUT2D eigenvalue weighted by Crippen LogP contribution is 2.24. The molecule has 0 heterocycles. The van der Waals surface area contributed by atoms with E-state index in [-0.39, 0.29) is 5.56 Å². The van der Waals surface area contributed by atoms with Crippen LogP contribution < -0.4 is 0 Å². The number of carboxylic acids is 1. The van der Waals surface area contributed by atoms with Crippen LogP contribution in [0, 0.1) is 0 Å². The average molecular weight is 254 g/mol. The van der Waals surface area contributed by atoms with Gasteiger partial charge in [-0.2, -0.15) is 0 Å². The molecule has 0 aliphatic carbocycles. The molecule has 1 N–H and O–H groups in total. The lowest BCUT2D eigenvalue weighted by Crippen LogP contribution is -2.21. The summed E-state index contributed by atoms with van der Waals surface area (Å²) in [6, 6.07) is 6.18. The van der Waals surface area contributed by atoms with Crippen LogP contribution in [0.25, 0.3) is 0 Å². The summed E-state index contributed by atoms with van der Waals surface area (Å²) < 4.78 is 5.12. The van der Waals surface area contributed by atoms with Gasteiger partial charge >= 0.3 is 11.3 Å². The van der Waals surface area contributed by atoms with Crippen LogP contribution in [-0.2, 0) is 4.74 Å². The number of aromatic carboxylic acids is 1. The van der Waals surface area contributed by atoms with Gasteiger partial charge in [0.1, 0.15) is 5.60 Å². The monoisotopic (exact) mass is 254 g/mol. The highest BCUT2D eigenvalue weighted by molar-refractivity contribution is 8.13. The summed E-state index contributed by atoms with van der Waals surface area (Å²) in [6.45, 7) is 5.33. The fourth-order valence-corrected chi connectivity index (χ4v) is 1.88. The Bertz CT molecular complexity index is 434. The molecule has 0 aliphatic heterocycles. The second-order valence-corrected chi connectivity index (χ2v) is 5.41. The molecular weight excluding hydrogens is 240 g/mol. The zero-order chi connectivity index (χ0) is 13.1. The maximum absolute atomic E-state index is 11.5. The quantitative estimate of drug-likeness (QED) is 0.647. The van der Waals surface area contributed by atoms with Crippen LogP contribution in [0.5, 0.6) is 0 Å². The third-order valence-corrected chi connectivity index (χ3v) is 2.41. The van der Waals surface area contributed by atoms with Gasteiger partial charge in [0.2, 0.25) is 0 Å². The summed E-state index contributed by atoms with van der Waals surface area (Å²) in [4.78, 5) is 22.8. The van der Waals surface area contributed by atoms with Crippen LogP contribution in [0.2, 0.25) is 0 Å². The molecule has 0 unspecified atom stereocenters. The van der Waals surface area contributed by atoms with Crippen LogP contribution in [0.15, 0.2) is 29.2 Å². The van der Waals surface area contributed by atoms with Crippen molar-refractivity contribution >= 4 is 23.0 Å². The maximum Gasteiger partial charge on any atom is 0.372 e. The summed E-state index contributed by atoms with van der Waals surface area (Å²) >= 11 is 0.878. The molecule has 1 aromatic rings. The van der Waals surface area contributed by atoms with E-state index < -0.39 is 16.9 Å². The van der Waals surface area contributed by atoms with Gasteiger partial charge in [0.25, 0.3) is 0 Å². The molecule has 1 rings (SSSR count). The minimum absolute atomic E-state index is 0.151. The largest absolute Gasteiger partial charge is 0.478 e. The average Bonchev–Trinajstić information content (AvgIpc) is 2.14. The van der Waals surface area contributed by atoms with E-state index in [2.05, 4.69) is 0 Å². The number of ether oxygens (including phenoxy) is 1. The second-order valence-electron chi connectivity index (χ2n) is 4.40. The van der Waals surface area contributed by atoms with E-state index in [1.165, 1.54) is 12.1 Å². The molecule has 4 nitrogen and oxygen atoms in total. The zero-order valence-electron chi connectivity index (χ0n) is 9.89. The van der Waals surface area contributed by atoms with Crippen molar-refractivity contribution in [3.63, 3.8) is 0 Å². The van der Waals surface area contributed by atoms with Crippen molar-refractivity contribution < 1.29 is 19.4 Å². The van der Waals surface area contributed by atoms with E-state index in [0.717, 1.165) is 11.8 Å². The van der Waals surface area contributed by atoms with Crippen molar-refractivity contribution in [3.8, 4) is 0 Å². The Morgan fingerprint density at radius 1 is 1.29 bits per heavy atom. The first-order valence-corrected chi connectivity index (χ1v) is 5.84. The molecule has 5 heteroatoms. The standard InChI is InChI=1S/C12H14O4S/c1-12(2,3)16-11(15)17-9-6-4-5-8(7-9)10(13)14/h4-7H,1-3H3,(H,13,14). The minimum atomic E-state index is -1.02. The number of carbonyl (C=O) groups excluding carboxylic acids is 1. The number of benzene rings is 1. The van der Waals surface area contributed by atoms with Crippen molar-refractivity contribution in [3.05, 3.63) is 29.8 Å². The fourth-order valence-electron chi connectivity index (χ4n) is 1.06. The Hall–Kier alpha value is -1.49. The van der Waals surface area contributed by atoms with Crippen LogP contribution in [0.4, 0.5) is 4.79 Å². The van der Waals surface area contributed by atoms with Crippen LogP contribution in [0.3, 0.4) is 0 Å². The first kappa shape index (κ1) is 13.6. The van der Waals surface area contributed by atoms with Crippen molar-refractivity contribution in [1.82, 2.24) is 0 Å². The predicted molar refractivity (Wildman–Crippen MR) is 65.5 cm³/mol. The molecule has 0 amide bonds. The van der Waals surface area contributed by atoms with Crippen molar-refractivity contribution in [2.75, 3.05) is 0 Å². The number of rotatable bonds is 2. The van der Waals surface area contributed by atoms with Crippen LogP contribution >= 0.6 is 11.8 Å². The summed E-state index contributed by atoms with van der Waals surface area (Å²) in [5.41, 5.74) is -0.396. The van der Waals surface area contributed by atoms with Gasteiger partial charge in [-0.15, -0.1) is 0 Å². The number of carbonyl (C=O) groups is 2. The van der Waals surface area contributed by atoms with Crippen molar-refractivity contribution in [2.45, 2.75) is 31.3 Å². The molecular formula is C12H14O4S. The highest BCUT2D eigenvalue weighted by atomic mass is 32.2. The van der Waals surface area contributed by atoms with Gasteiger partial charge in [-0.1, -0.05) is 6.07 Å². The molecule has 92 valence electrons. The number of hydrogen-bond acceptors (Lipinski definition) is 4. The Morgan fingerprint density at radius 2 is 1.94 bits per heavy atom. The smallest absolute Gasteiger partial charge is 0.372 e. The SMILES string of the molecule is CC(C)(C)OC(=O)Sc1cccc(C(=O)O)c1. The normalized spacial score (nSPS) is 11.0. The minimum Gasteiger partial charge on any atom is -0.478 e. The summed E-state index contributed by atoms with van der Waals surface area (Å²) in [6.07, 6.45) is 0. The molecule has 0 aromatic heterocycles. The van der Waals surface area contributed by atoms with Gasteiger partial charge < -0.3 is 9.84 Å². The molecule has 0 spiro atoms. The molecule has 0 fully saturated rings. The second kappa shape index (κ2) is 5.23. The highest BCUT2D eigenvalue weighted by Gasteiger charge is 2.17. The Kier molecular flexibility index (Phi) is 4.17. The zero-order valence-corrected chi connectivity index (χ0v) is 10.7. The molecule has 0 saturated carbocycles. The fraction of sp³-hybridized carbons (Fsp3) is 0.333. The Morgan fingerprint density at radius 3 is 2.47 bits per heavy atom. The third kappa shape index (κ3) is 4.91. The lowest BCUT2D eigenvalue weighted by Gasteiger charge is -2.18. The summed E-state index contributed by atoms with van der Waals surface area (Å²) in [7, 11) is 0. The number of carboxylic acid groups (broad SMARTS) is 1. The first-order valence-electron chi connectivity index (χ1n) is 5.02. The first-order chi connectivity index (χ1) is 7.78. The van der Waals surface area contributed by atoms with Gasteiger partial charge in [-0.3, -0.25) is 0 Å². The van der Waals surface area contributed by atoms with Crippen molar-refractivity contribution in [1.29, 1.82) is 0 Å². The molecule has 0 bridgehead atoms. The van der Waals surface area contributed by atoms with Gasteiger partial charge in [0, 0.05) is 4.90 Å². The van der Waals surface area contributed by atoms with Crippen LogP contribution in [-0.4, -0.2) is 22.0 Å². The van der Waals surface area contributed by atoms with E-state index in [1.54, 1.807) is 32.9 Å². The lowest BCUT2D eigenvalue weighted by atomic mass is 10.2. The molecule has 0 aliphatic rings. The van der Waals surface area contributed by atoms with E-state index in [0.29, 0.717) is 4.90 Å². The Balaban J connectivity index is 2.72. The lowest BCUT2D eigenvalue weighted by molar-refractivity contribution is 0.0693.